The second kappa shape index (κ2) is 8.77. The van der Waals surface area contributed by atoms with Crippen LogP contribution in [0.5, 0.6) is 0 Å². The van der Waals surface area contributed by atoms with Gasteiger partial charge in [-0.05, 0) is 59.4 Å². The molecule has 4 rings (SSSR count). The van der Waals surface area contributed by atoms with Gasteiger partial charge in [-0.15, -0.1) is 0 Å². The number of hydrogen-bond donors (Lipinski definition) is 0. The highest BCUT2D eigenvalue weighted by Crippen LogP contribution is 2.42. The van der Waals surface area contributed by atoms with Crippen LogP contribution in [-0.4, -0.2) is 57.1 Å². The number of aryl methyl sites for hydroxylation is 1. The van der Waals surface area contributed by atoms with Crippen LogP contribution in [0.15, 0.2) is 12.1 Å². The molecule has 1 amide bonds. The topological polar surface area (TPSA) is 69.0 Å². The van der Waals surface area contributed by atoms with Crippen molar-refractivity contribution in [3.05, 3.63) is 29.2 Å². The van der Waals surface area contributed by atoms with Crippen LogP contribution in [0, 0.1) is 12.8 Å². The van der Waals surface area contributed by atoms with Gasteiger partial charge in [0.05, 0.1) is 30.5 Å². The van der Waals surface area contributed by atoms with E-state index in [1.807, 2.05) is 39.8 Å². The number of alkyl halides is 3. The summed E-state index contributed by atoms with van der Waals surface area (Å²) in [4.78, 5) is 18.8. The lowest BCUT2D eigenvalue weighted by molar-refractivity contribution is -0.182. The molecule has 1 aliphatic heterocycles. The maximum Gasteiger partial charge on any atom is 0.410 e. The van der Waals surface area contributed by atoms with E-state index in [1.54, 1.807) is 9.42 Å². The predicted octanol–water partition coefficient (Wildman–Crippen LogP) is 5.18. The van der Waals surface area contributed by atoms with Crippen LogP contribution in [0.25, 0.3) is 5.65 Å². The Labute approximate surface area is 191 Å². The van der Waals surface area contributed by atoms with Gasteiger partial charge >= 0.3 is 12.3 Å². The summed E-state index contributed by atoms with van der Waals surface area (Å²) in [5, 5.41) is 4.73. The van der Waals surface area contributed by atoms with Crippen molar-refractivity contribution in [1.29, 1.82) is 0 Å². The number of morpholine rings is 1. The number of rotatable bonds is 2. The average Bonchev–Trinajstić information content (AvgIpc) is 3.15. The number of carbonyl (C=O) groups excluding carboxylic acids is 1. The summed E-state index contributed by atoms with van der Waals surface area (Å²) >= 11 is 0. The quantitative estimate of drug-likeness (QED) is 0.607. The van der Waals surface area contributed by atoms with Gasteiger partial charge in [0.2, 0.25) is 0 Å². The fourth-order valence-electron chi connectivity index (χ4n) is 4.61. The van der Waals surface area contributed by atoms with E-state index < -0.39 is 23.8 Å². The van der Waals surface area contributed by atoms with Crippen LogP contribution >= 0.6 is 0 Å². The molecule has 3 heterocycles. The van der Waals surface area contributed by atoms with Gasteiger partial charge in [0.15, 0.2) is 5.65 Å². The van der Waals surface area contributed by atoms with E-state index >= 15 is 0 Å². The number of amides is 1. The van der Waals surface area contributed by atoms with Gasteiger partial charge in [-0.25, -0.2) is 14.3 Å². The number of aromatic nitrogens is 3. The van der Waals surface area contributed by atoms with Crippen molar-refractivity contribution < 1.29 is 27.4 Å². The van der Waals surface area contributed by atoms with Crippen molar-refractivity contribution in [1.82, 2.24) is 19.5 Å². The Morgan fingerprint density at radius 1 is 1.15 bits per heavy atom. The van der Waals surface area contributed by atoms with Gasteiger partial charge in [0, 0.05) is 24.2 Å². The zero-order valence-electron chi connectivity index (χ0n) is 19.5. The van der Waals surface area contributed by atoms with E-state index in [2.05, 4.69) is 4.98 Å². The zero-order chi connectivity index (χ0) is 24.0. The van der Waals surface area contributed by atoms with E-state index in [0.29, 0.717) is 38.2 Å². The van der Waals surface area contributed by atoms with E-state index in [1.165, 1.54) is 0 Å². The number of ether oxygens (including phenoxy) is 2. The van der Waals surface area contributed by atoms with Gasteiger partial charge < -0.3 is 14.4 Å². The first kappa shape index (κ1) is 23.8. The number of carbonyl (C=O) groups is 1. The minimum atomic E-state index is -4.13. The zero-order valence-corrected chi connectivity index (χ0v) is 19.5. The summed E-state index contributed by atoms with van der Waals surface area (Å²) in [5.74, 6) is -1.25. The molecule has 33 heavy (non-hydrogen) atoms. The highest BCUT2D eigenvalue weighted by atomic mass is 19.4. The van der Waals surface area contributed by atoms with Crippen LogP contribution in [0.1, 0.15) is 75.6 Å². The molecule has 2 fully saturated rings. The van der Waals surface area contributed by atoms with Crippen LogP contribution < -0.4 is 0 Å². The molecule has 1 atom stereocenters. The lowest BCUT2D eigenvalue weighted by atomic mass is 9.80. The van der Waals surface area contributed by atoms with Crippen molar-refractivity contribution >= 4 is 11.7 Å². The Hall–Kier alpha value is -2.36. The molecule has 10 heteroatoms. The van der Waals surface area contributed by atoms with Gasteiger partial charge in [0.1, 0.15) is 11.7 Å². The number of halogens is 3. The minimum absolute atomic E-state index is 0.0241. The molecule has 0 aromatic carbocycles. The third-order valence-corrected chi connectivity index (χ3v) is 6.26. The molecule has 0 bridgehead atoms. The van der Waals surface area contributed by atoms with Gasteiger partial charge in [-0.1, -0.05) is 0 Å². The summed E-state index contributed by atoms with van der Waals surface area (Å²) in [5.41, 5.74) is 2.35. The largest absolute Gasteiger partial charge is 0.444 e. The monoisotopic (exact) mass is 468 g/mol. The predicted molar refractivity (Wildman–Crippen MR) is 115 cm³/mol. The molecule has 0 radical (unpaired) electrons. The van der Waals surface area contributed by atoms with Crippen LogP contribution in [0.4, 0.5) is 18.0 Å². The summed E-state index contributed by atoms with van der Waals surface area (Å²) < 4.78 is 52.3. The molecule has 2 aromatic rings. The van der Waals surface area contributed by atoms with E-state index in [4.69, 9.17) is 14.6 Å². The molecule has 0 spiro atoms. The third-order valence-electron chi connectivity index (χ3n) is 6.26. The van der Waals surface area contributed by atoms with Crippen molar-refractivity contribution in [2.45, 2.75) is 77.2 Å². The Bertz CT molecular complexity index is 1010. The average molecular weight is 469 g/mol. The maximum absolute atomic E-state index is 13.0. The van der Waals surface area contributed by atoms with Gasteiger partial charge in [0.25, 0.3) is 0 Å². The van der Waals surface area contributed by atoms with Crippen LogP contribution in [-0.2, 0) is 9.47 Å². The Morgan fingerprint density at radius 2 is 1.85 bits per heavy atom. The Morgan fingerprint density at radius 3 is 2.48 bits per heavy atom. The van der Waals surface area contributed by atoms with Crippen LogP contribution in [0.2, 0.25) is 0 Å². The lowest BCUT2D eigenvalue weighted by Gasteiger charge is -2.34. The third kappa shape index (κ3) is 5.42. The van der Waals surface area contributed by atoms with Crippen LogP contribution in [0.3, 0.4) is 0 Å². The molecule has 1 saturated heterocycles. The van der Waals surface area contributed by atoms with E-state index in [9.17, 15) is 18.0 Å². The second-order valence-electron chi connectivity index (χ2n) is 10.0. The lowest BCUT2D eigenvalue weighted by Crippen LogP contribution is -2.45. The number of nitrogens with zero attached hydrogens (tertiary/aromatic N) is 4. The van der Waals surface area contributed by atoms with Gasteiger partial charge in [-0.3, -0.25) is 0 Å². The summed E-state index contributed by atoms with van der Waals surface area (Å²) in [6.45, 7) is 8.47. The summed E-state index contributed by atoms with van der Waals surface area (Å²) in [7, 11) is 0. The number of hydrogen-bond acceptors (Lipinski definition) is 5. The van der Waals surface area contributed by atoms with Crippen molar-refractivity contribution in [3.8, 4) is 0 Å². The Balaban J connectivity index is 1.55. The summed E-state index contributed by atoms with van der Waals surface area (Å²) in [6, 6.07) is 3.75. The standard InChI is InChI=1S/C23H31F3N4O3/c1-14-11-18(19-13-29(9-10-32-19)21(31)33-22(2,3)4)30-20(27-14)12-17(28-30)15-5-7-16(8-6-15)23(24,25)26/h11-12,15-16,19H,5-10,13H2,1-4H3/t15-,16-,19?. The molecule has 7 nitrogen and oxygen atoms in total. The molecule has 1 unspecified atom stereocenters. The van der Waals surface area contributed by atoms with Gasteiger partial charge in [-0.2, -0.15) is 18.3 Å². The van der Waals surface area contributed by atoms with E-state index in [-0.39, 0.29) is 24.9 Å². The molecule has 182 valence electrons. The molecule has 1 saturated carbocycles. The van der Waals surface area contributed by atoms with E-state index in [0.717, 1.165) is 17.1 Å². The van der Waals surface area contributed by atoms with Crippen molar-refractivity contribution in [2.75, 3.05) is 19.7 Å². The first-order chi connectivity index (χ1) is 15.4. The molecular formula is C23H31F3N4O3. The normalized spacial score (nSPS) is 24.8. The highest BCUT2D eigenvalue weighted by molar-refractivity contribution is 5.68. The maximum atomic E-state index is 13.0. The smallest absolute Gasteiger partial charge is 0.410 e. The first-order valence-corrected chi connectivity index (χ1v) is 11.4. The molecule has 2 aromatic heterocycles. The Kier molecular flexibility index (Phi) is 6.32. The minimum Gasteiger partial charge on any atom is -0.444 e. The van der Waals surface area contributed by atoms with Crippen molar-refractivity contribution in [3.63, 3.8) is 0 Å². The second-order valence-corrected chi connectivity index (χ2v) is 10.0. The number of fused-ring (bicyclic) bond motifs is 1. The summed E-state index contributed by atoms with van der Waals surface area (Å²) in [6.07, 6.45) is -3.78. The first-order valence-electron chi connectivity index (χ1n) is 11.4. The fourth-order valence-corrected chi connectivity index (χ4v) is 4.61. The molecule has 0 N–H and O–H groups in total. The fraction of sp³-hybridized carbons (Fsp3) is 0.696. The van der Waals surface area contributed by atoms with Crippen molar-refractivity contribution in [2.24, 2.45) is 5.92 Å². The molecule has 1 aliphatic carbocycles. The molecular weight excluding hydrogens is 437 g/mol. The molecule has 2 aliphatic rings. The highest BCUT2D eigenvalue weighted by Gasteiger charge is 2.42. The SMILES string of the molecule is Cc1cc(C2CN(C(=O)OC(C)(C)C)CCO2)n2nc([C@H]3CC[C@H](C(F)(F)F)CC3)cc2n1.